The van der Waals surface area contributed by atoms with Crippen molar-refractivity contribution in [2.24, 2.45) is 0 Å². The zero-order chi connectivity index (χ0) is 14.8. The van der Waals surface area contributed by atoms with Gasteiger partial charge in [-0.2, -0.15) is 0 Å². The van der Waals surface area contributed by atoms with E-state index >= 15 is 0 Å². The van der Waals surface area contributed by atoms with Crippen molar-refractivity contribution in [2.45, 2.75) is 32.6 Å². The average Bonchev–Trinajstić information content (AvgIpc) is 2.68. The minimum atomic E-state index is 0.127. The number of nitrogens with zero attached hydrogens (tertiary/aromatic N) is 1. The first-order valence-electron chi connectivity index (χ1n) is 7.67. The Morgan fingerprint density at radius 3 is 2.62 bits per heavy atom. The van der Waals surface area contributed by atoms with E-state index in [2.05, 4.69) is 75.2 Å². The Morgan fingerprint density at radius 2 is 1.81 bits per heavy atom. The minimum Gasteiger partial charge on any atom is -0.344 e. The van der Waals surface area contributed by atoms with Crippen LogP contribution in [0.3, 0.4) is 0 Å². The fourth-order valence-corrected chi connectivity index (χ4v) is 4.04. The van der Waals surface area contributed by atoms with Gasteiger partial charge in [0.05, 0.1) is 0 Å². The molecule has 4 rings (SSSR count). The van der Waals surface area contributed by atoms with E-state index in [0.29, 0.717) is 0 Å². The van der Waals surface area contributed by atoms with Gasteiger partial charge in [0.25, 0.3) is 0 Å². The van der Waals surface area contributed by atoms with Crippen molar-refractivity contribution in [2.75, 3.05) is 11.9 Å². The van der Waals surface area contributed by atoms with Crippen molar-refractivity contribution in [1.82, 2.24) is 0 Å². The second-order valence-electron chi connectivity index (χ2n) is 6.87. The number of benzene rings is 2. The van der Waals surface area contributed by atoms with Gasteiger partial charge in [0.15, 0.2) is 0 Å². The molecule has 0 spiro atoms. The van der Waals surface area contributed by atoms with Crippen LogP contribution in [-0.4, -0.2) is 7.05 Å². The van der Waals surface area contributed by atoms with Crippen molar-refractivity contribution in [3.63, 3.8) is 0 Å². The van der Waals surface area contributed by atoms with Crippen LogP contribution in [-0.2, 0) is 11.8 Å². The molecule has 21 heavy (non-hydrogen) atoms. The first kappa shape index (κ1) is 12.7. The lowest BCUT2D eigenvalue weighted by Crippen LogP contribution is -2.26. The van der Waals surface area contributed by atoms with Crippen molar-refractivity contribution >= 4 is 11.4 Å². The molecule has 0 saturated carbocycles. The topological polar surface area (TPSA) is 3.24 Å². The molecule has 0 N–H and O–H groups in total. The SMILES string of the molecule is Cc1ccc2c(c1)CC1=C(c3ccccc3C1(C)C)N2C. The lowest BCUT2D eigenvalue weighted by molar-refractivity contribution is 0.619. The van der Waals surface area contributed by atoms with Gasteiger partial charge < -0.3 is 4.90 Å². The third-order valence-corrected chi connectivity index (χ3v) is 5.19. The molecular formula is C20H21N. The van der Waals surface area contributed by atoms with E-state index in [4.69, 9.17) is 0 Å². The van der Waals surface area contributed by atoms with Crippen LogP contribution in [0.1, 0.15) is 36.1 Å². The highest BCUT2D eigenvalue weighted by Crippen LogP contribution is 2.52. The summed E-state index contributed by atoms with van der Waals surface area (Å²) in [5.41, 5.74) is 10.1. The molecule has 106 valence electrons. The molecule has 0 fully saturated rings. The van der Waals surface area contributed by atoms with Crippen LogP contribution in [0.15, 0.2) is 48.0 Å². The standard InChI is InChI=1S/C20H21N/c1-13-9-10-18-14(11-13)12-17-19(21(18)4)15-7-5-6-8-16(15)20(17,2)3/h5-11H,12H2,1-4H3. The number of hydrogen-bond donors (Lipinski definition) is 0. The fourth-order valence-electron chi connectivity index (χ4n) is 4.04. The van der Waals surface area contributed by atoms with E-state index in [-0.39, 0.29) is 5.41 Å². The third kappa shape index (κ3) is 1.58. The third-order valence-electron chi connectivity index (χ3n) is 5.19. The molecule has 0 atom stereocenters. The van der Waals surface area contributed by atoms with E-state index in [9.17, 15) is 0 Å². The van der Waals surface area contributed by atoms with Gasteiger partial charge in [0, 0.05) is 29.4 Å². The second kappa shape index (κ2) is 4.00. The minimum absolute atomic E-state index is 0.127. The van der Waals surface area contributed by atoms with Crippen LogP contribution in [0.25, 0.3) is 5.70 Å². The Morgan fingerprint density at radius 1 is 1.05 bits per heavy atom. The van der Waals surface area contributed by atoms with Crippen LogP contribution in [0.4, 0.5) is 5.69 Å². The smallest absolute Gasteiger partial charge is 0.0489 e. The monoisotopic (exact) mass is 275 g/mol. The molecule has 0 amide bonds. The van der Waals surface area contributed by atoms with E-state index in [1.165, 1.54) is 33.6 Å². The summed E-state index contributed by atoms with van der Waals surface area (Å²) in [6, 6.07) is 15.7. The van der Waals surface area contributed by atoms with Gasteiger partial charge in [-0.05, 0) is 36.1 Å². The van der Waals surface area contributed by atoms with Gasteiger partial charge in [-0.1, -0.05) is 55.8 Å². The number of anilines is 1. The van der Waals surface area contributed by atoms with Crippen molar-refractivity contribution in [3.8, 4) is 0 Å². The lowest BCUT2D eigenvalue weighted by atomic mass is 9.78. The zero-order valence-corrected chi connectivity index (χ0v) is 13.2. The number of aryl methyl sites for hydroxylation is 1. The fraction of sp³-hybridized carbons (Fsp3) is 0.300. The van der Waals surface area contributed by atoms with E-state index in [1.807, 2.05) is 0 Å². The normalized spacial score (nSPS) is 18.4. The second-order valence-corrected chi connectivity index (χ2v) is 6.87. The largest absolute Gasteiger partial charge is 0.344 e. The highest BCUT2D eigenvalue weighted by atomic mass is 15.1. The molecule has 1 aliphatic carbocycles. The Labute approximate surface area is 126 Å². The van der Waals surface area contributed by atoms with Crippen LogP contribution in [0, 0.1) is 6.92 Å². The summed E-state index contributed by atoms with van der Waals surface area (Å²) < 4.78 is 0. The molecule has 0 radical (unpaired) electrons. The van der Waals surface area contributed by atoms with Gasteiger partial charge in [-0.25, -0.2) is 0 Å². The van der Waals surface area contributed by atoms with Crippen molar-refractivity contribution < 1.29 is 0 Å². The summed E-state index contributed by atoms with van der Waals surface area (Å²) in [6.45, 7) is 6.91. The van der Waals surface area contributed by atoms with E-state index in [1.54, 1.807) is 5.57 Å². The Balaban J connectivity index is 1.97. The number of allylic oxidation sites excluding steroid dienone is 1. The quantitative estimate of drug-likeness (QED) is 0.674. The molecule has 2 aliphatic rings. The van der Waals surface area contributed by atoms with Crippen molar-refractivity contribution in [1.29, 1.82) is 0 Å². The molecule has 1 heterocycles. The summed E-state index contributed by atoms with van der Waals surface area (Å²) in [6.07, 6.45) is 1.07. The Hall–Kier alpha value is -2.02. The summed E-state index contributed by atoms with van der Waals surface area (Å²) in [4.78, 5) is 2.39. The summed E-state index contributed by atoms with van der Waals surface area (Å²) >= 11 is 0. The van der Waals surface area contributed by atoms with E-state index in [0.717, 1.165) is 6.42 Å². The molecule has 1 heteroatoms. The summed E-state index contributed by atoms with van der Waals surface area (Å²) in [5.74, 6) is 0. The van der Waals surface area contributed by atoms with Gasteiger partial charge in [-0.3, -0.25) is 0 Å². The summed E-state index contributed by atoms with van der Waals surface area (Å²) in [7, 11) is 2.21. The molecule has 1 nitrogen and oxygen atoms in total. The maximum atomic E-state index is 2.39. The van der Waals surface area contributed by atoms with Crippen molar-refractivity contribution in [3.05, 3.63) is 70.3 Å². The first-order chi connectivity index (χ1) is 10.00. The maximum absolute atomic E-state index is 2.39. The van der Waals surface area contributed by atoms with Crippen LogP contribution in [0.2, 0.25) is 0 Å². The zero-order valence-electron chi connectivity index (χ0n) is 13.2. The van der Waals surface area contributed by atoms with Crippen LogP contribution < -0.4 is 4.90 Å². The number of rotatable bonds is 0. The molecule has 0 aromatic heterocycles. The molecule has 0 bridgehead atoms. The molecular weight excluding hydrogens is 254 g/mol. The highest BCUT2D eigenvalue weighted by molar-refractivity contribution is 5.91. The maximum Gasteiger partial charge on any atom is 0.0489 e. The van der Waals surface area contributed by atoms with Gasteiger partial charge in [-0.15, -0.1) is 0 Å². The molecule has 1 aliphatic heterocycles. The highest BCUT2D eigenvalue weighted by Gasteiger charge is 2.41. The molecule has 0 saturated heterocycles. The number of hydrogen-bond acceptors (Lipinski definition) is 1. The van der Waals surface area contributed by atoms with Crippen LogP contribution >= 0.6 is 0 Å². The van der Waals surface area contributed by atoms with Gasteiger partial charge >= 0.3 is 0 Å². The number of fused-ring (bicyclic) bond motifs is 3. The predicted octanol–water partition coefficient (Wildman–Crippen LogP) is 4.69. The molecule has 0 unspecified atom stereocenters. The van der Waals surface area contributed by atoms with E-state index < -0.39 is 0 Å². The molecule has 2 aromatic rings. The first-order valence-corrected chi connectivity index (χ1v) is 7.67. The van der Waals surface area contributed by atoms with Crippen LogP contribution in [0.5, 0.6) is 0 Å². The Bertz CT molecular complexity index is 780. The average molecular weight is 275 g/mol. The Kier molecular flexibility index (Phi) is 2.42. The summed E-state index contributed by atoms with van der Waals surface area (Å²) in [5, 5.41) is 0. The van der Waals surface area contributed by atoms with Gasteiger partial charge in [0.2, 0.25) is 0 Å². The lowest BCUT2D eigenvalue weighted by Gasteiger charge is -2.33. The van der Waals surface area contributed by atoms with Gasteiger partial charge in [0.1, 0.15) is 0 Å². The molecule has 2 aromatic carbocycles. The predicted molar refractivity (Wildman–Crippen MR) is 89.7 cm³/mol.